The summed E-state index contributed by atoms with van der Waals surface area (Å²) in [4.78, 5) is 24.0. The molecule has 21 heavy (non-hydrogen) atoms. The second kappa shape index (κ2) is 7.78. The first-order chi connectivity index (χ1) is 9.69. The van der Waals surface area contributed by atoms with Crippen LogP contribution in [0.3, 0.4) is 0 Å². The molecule has 0 aromatic heterocycles. The number of hydrogen-bond donors (Lipinski definition) is 2. The Morgan fingerprint density at radius 2 is 1.81 bits per heavy atom. The topological polar surface area (TPSA) is 75.6 Å². The van der Waals surface area contributed by atoms with Gasteiger partial charge in [-0.1, -0.05) is 32.1 Å². The third-order valence-electron chi connectivity index (χ3n) is 3.74. The van der Waals surface area contributed by atoms with Crippen molar-refractivity contribution in [2.75, 3.05) is 0 Å². The number of amides is 1. The highest BCUT2D eigenvalue weighted by molar-refractivity contribution is 5.90. The molecule has 5 nitrogen and oxygen atoms in total. The van der Waals surface area contributed by atoms with Crippen LogP contribution in [0.15, 0.2) is 0 Å². The van der Waals surface area contributed by atoms with E-state index < -0.39 is 23.8 Å². The molecule has 1 aliphatic rings. The van der Waals surface area contributed by atoms with E-state index in [1.54, 1.807) is 20.8 Å². The summed E-state index contributed by atoms with van der Waals surface area (Å²) in [7, 11) is 0. The Hall–Kier alpha value is -1.10. The van der Waals surface area contributed by atoms with Crippen LogP contribution in [0.25, 0.3) is 0 Å². The van der Waals surface area contributed by atoms with Crippen LogP contribution in [0.1, 0.15) is 66.2 Å². The van der Waals surface area contributed by atoms with E-state index in [9.17, 15) is 14.7 Å². The number of nitrogens with one attached hydrogen (secondary N) is 1. The Balaban J connectivity index is 2.63. The van der Waals surface area contributed by atoms with E-state index in [2.05, 4.69) is 5.32 Å². The van der Waals surface area contributed by atoms with E-state index in [4.69, 9.17) is 4.74 Å². The Kier molecular flexibility index (Phi) is 6.65. The van der Waals surface area contributed by atoms with Gasteiger partial charge in [-0.15, -0.1) is 0 Å². The van der Waals surface area contributed by atoms with Gasteiger partial charge in [0.15, 0.2) is 5.78 Å². The van der Waals surface area contributed by atoms with Crippen molar-refractivity contribution in [3.63, 3.8) is 0 Å². The van der Waals surface area contributed by atoms with Crippen LogP contribution in [0, 0.1) is 5.92 Å². The summed E-state index contributed by atoms with van der Waals surface area (Å²) >= 11 is 0. The van der Waals surface area contributed by atoms with Gasteiger partial charge in [0, 0.05) is 0 Å². The fourth-order valence-electron chi connectivity index (χ4n) is 2.74. The second-order valence-electron chi connectivity index (χ2n) is 7.02. The Morgan fingerprint density at radius 3 is 2.29 bits per heavy atom. The fraction of sp³-hybridized carbons (Fsp3) is 0.875. The molecule has 122 valence electrons. The normalized spacial score (nSPS) is 19.7. The summed E-state index contributed by atoms with van der Waals surface area (Å²) in [6.07, 6.45) is 4.66. The number of ether oxygens (including phenoxy) is 1. The maximum atomic E-state index is 12.1. The standard InChI is InChI=1S/C16H29NO4/c1-11(18)14(19)13(10-12-8-6-5-7-9-12)17-15(20)21-16(2,3)4/h11-13,18H,5-10H2,1-4H3,(H,17,20). The predicted molar refractivity (Wildman–Crippen MR) is 81.0 cm³/mol. The molecule has 0 saturated heterocycles. The third kappa shape index (κ3) is 6.93. The van der Waals surface area contributed by atoms with Gasteiger partial charge in [-0.25, -0.2) is 4.79 Å². The number of carbonyl (C=O) groups excluding carboxylic acids is 2. The highest BCUT2D eigenvalue weighted by Crippen LogP contribution is 2.27. The number of Topliss-reactive ketones (excluding diaryl/α,β-unsaturated/α-hetero) is 1. The number of hydrogen-bond acceptors (Lipinski definition) is 4. The minimum atomic E-state index is -1.08. The molecule has 0 heterocycles. The lowest BCUT2D eigenvalue weighted by Crippen LogP contribution is -2.47. The van der Waals surface area contributed by atoms with Gasteiger partial charge in [0.1, 0.15) is 11.7 Å². The zero-order valence-electron chi connectivity index (χ0n) is 13.6. The van der Waals surface area contributed by atoms with E-state index >= 15 is 0 Å². The molecule has 2 atom stereocenters. The summed E-state index contributed by atoms with van der Waals surface area (Å²) in [5, 5.41) is 12.2. The van der Waals surface area contributed by atoms with Gasteiger partial charge in [-0.3, -0.25) is 4.79 Å². The van der Waals surface area contributed by atoms with Crippen molar-refractivity contribution in [1.82, 2.24) is 5.32 Å². The molecule has 1 rings (SSSR count). The summed E-state index contributed by atoms with van der Waals surface area (Å²) < 4.78 is 5.20. The Labute approximate surface area is 127 Å². The number of carbonyl (C=O) groups is 2. The zero-order chi connectivity index (χ0) is 16.0. The fourth-order valence-corrected chi connectivity index (χ4v) is 2.74. The lowest BCUT2D eigenvalue weighted by molar-refractivity contribution is -0.128. The summed E-state index contributed by atoms with van der Waals surface area (Å²) in [5.74, 6) is 0.0906. The minimum absolute atomic E-state index is 0.341. The second-order valence-corrected chi connectivity index (χ2v) is 7.02. The predicted octanol–water partition coefficient (Wildman–Crippen LogP) is 2.80. The first-order valence-corrected chi connectivity index (χ1v) is 7.90. The summed E-state index contributed by atoms with van der Waals surface area (Å²) in [6.45, 7) is 6.77. The molecular formula is C16H29NO4. The molecule has 2 N–H and O–H groups in total. The quantitative estimate of drug-likeness (QED) is 0.818. The van der Waals surface area contributed by atoms with E-state index in [-0.39, 0.29) is 5.78 Å². The van der Waals surface area contributed by atoms with E-state index in [0.29, 0.717) is 12.3 Å². The largest absolute Gasteiger partial charge is 0.444 e. The molecule has 1 aliphatic carbocycles. The number of aliphatic hydroxyl groups excluding tert-OH is 1. The van der Waals surface area contributed by atoms with Gasteiger partial charge in [-0.2, -0.15) is 0 Å². The van der Waals surface area contributed by atoms with Gasteiger partial charge in [0.05, 0.1) is 6.04 Å². The third-order valence-corrected chi connectivity index (χ3v) is 3.74. The van der Waals surface area contributed by atoms with E-state index in [0.717, 1.165) is 12.8 Å². The van der Waals surface area contributed by atoms with Crippen LogP contribution >= 0.6 is 0 Å². The highest BCUT2D eigenvalue weighted by Gasteiger charge is 2.29. The highest BCUT2D eigenvalue weighted by atomic mass is 16.6. The van der Waals surface area contributed by atoms with Crippen molar-refractivity contribution in [2.45, 2.75) is 84.0 Å². The number of aliphatic hydroxyl groups is 1. The maximum Gasteiger partial charge on any atom is 0.408 e. The molecule has 5 heteroatoms. The first-order valence-electron chi connectivity index (χ1n) is 7.90. The molecule has 0 aromatic carbocycles. The van der Waals surface area contributed by atoms with Crippen molar-refractivity contribution < 1.29 is 19.4 Å². The monoisotopic (exact) mass is 299 g/mol. The molecular weight excluding hydrogens is 270 g/mol. The Morgan fingerprint density at radius 1 is 1.24 bits per heavy atom. The number of rotatable bonds is 5. The molecule has 2 unspecified atom stereocenters. The molecule has 0 aliphatic heterocycles. The van der Waals surface area contributed by atoms with Crippen LogP contribution in [0.2, 0.25) is 0 Å². The number of ketones is 1. The van der Waals surface area contributed by atoms with Gasteiger partial charge < -0.3 is 15.2 Å². The average molecular weight is 299 g/mol. The zero-order valence-corrected chi connectivity index (χ0v) is 13.6. The molecule has 0 bridgehead atoms. The number of alkyl carbamates (subject to hydrolysis) is 1. The van der Waals surface area contributed by atoms with E-state index in [1.165, 1.54) is 26.2 Å². The van der Waals surface area contributed by atoms with Crippen molar-refractivity contribution >= 4 is 11.9 Å². The van der Waals surface area contributed by atoms with Crippen LogP contribution in [0.5, 0.6) is 0 Å². The molecule has 1 amide bonds. The van der Waals surface area contributed by atoms with Crippen molar-refractivity contribution in [1.29, 1.82) is 0 Å². The van der Waals surface area contributed by atoms with Crippen LogP contribution in [0.4, 0.5) is 4.79 Å². The molecule has 0 aromatic rings. The average Bonchev–Trinajstić information content (AvgIpc) is 2.36. The first kappa shape index (κ1) is 18.0. The smallest absolute Gasteiger partial charge is 0.408 e. The van der Waals surface area contributed by atoms with Gasteiger partial charge >= 0.3 is 6.09 Å². The lowest BCUT2D eigenvalue weighted by Gasteiger charge is -2.28. The SMILES string of the molecule is CC(O)C(=O)C(CC1CCCCC1)NC(=O)OC(C)(C)C. The molecule has 0 spiro atoms. The molecule has 0 radical (unpaired) electrons. The molecule has 1 fully saturated rings. The summed E-state index contributed by atoms with van der Waals surface area (Å²) in [5.41, 5.74) is -0.604. The Bertz CT molecular complexity index is 354. The van der Waals surface area contributed by atoms with Crippen molar-refractivity contribution in [3.8, 4) is 0 Å². The van der Waals surface area contributed by atoms with E-state index in [1.807, 2.05) is 0 Å². The summed E-state index contributed by atoms with van der Waals surface area (Å²) in [6, 6.07) is -0.664. The van der Waals surface area contributed by atoms with Crippen LogP contribution in [-0.4, -0.2) is 34.7 Å². The van der Waals surface area contributed by atoms with Gasteiger partial charge in [0.25, 0.3) is 0 Å². The maximum absolute atomic E-state index is 12.1. The molecule has 1 saturated carbocycles. The van der Waals surface area contributed by atoms with Crippen LogP contribution < -0.4 is 5.32 Å². The van der Waals surface area contributed by atoms with Gasteiger partial charge in [-0.05, 0) is 40.0 Å². The van der Waals surface area contributed by atoms with Gasteiger partial charge in [0.2, 0.25) is 0 Å². The van der Waals surface area contributed by atoms with Crippen LogP contribution in [-0.2, 0) is 9.53 Å². The van der Waals surface area contributed by atoms with Crippen molar-refractivity contribution in [2.24, 2.45) is 5.92 Å². The lowest BCUT2D eigenvalue weighted by atomic mass is 9.83. The minimum Gasteiger partial charge on any atom is -0.444 e. The van der Waals surface area contributed by atoms with Crippen molar-refractivity contribution in [3.05, 3.63) is 0 Å².